The molecule has 0 saturated carbocycles. The van der Waals surface area contributed by atoms with Gasteiger partial charge in [-0.1, -0.05) is 42.0 Å². The number of ether oxygens (including phenoxy) is 2. The third-order valence-electron chi connectivity index (χ3n) is 4.02. The van der Waals surface area contributed by atoms with E-state index in [1.54, 1.807) is 7.11 Å². The summed E-state index contributed by atoms with van der Waals surface area (Å²) < 4.78 is 11.6. The number of nitrogens with one attached hydrogen (secondary N) is 1. The normalized spacial score (nSPS) is 10.9. The summed E-state index contributed by atoms with van der Waals surface area (Å²) in [6.07, 6.45) is 1.12. The summed E-state index contributed by atoms with van der Waals surface area (Å²) in [5.41, 5.74) is 3.52. The summed E-state index contributed by atoms with van der Waals surface area (Å²) in [4.78, 5) is 2.20. The zero-order valence-electron chi connectivity index (χ0n) is 15.8. The number of hydrogen-bond donors (Lipinski definition) is 1. The summed E-state index contributed by atoms with van der Waals surface area (Å²) in [7, 11) is 5.88. The molecule has 0 heterocycles. The highest BCUT2D eigenvalue weighted by molar-refractivity contribution is 5.46. The van der Waals surface area contributed by atoms with Gasteiger partial charge < -0.3 is 19.7 Å². The van der Waals surface area contributed by atoms with Gasteiger partial charge in [-0.15, -0.1) is 0 Å². The third kappa shape index (κ3) is 6.40. The Morgan fingerprint density at radius 3 is 2.60 bits per heavy atom. The van der Waals surface area contributed by atoms with Crippen molar-refractivity contribution in [3.63, 3.8) is 0 Å². The van der Waals surface area contributed by atoms with E-state index in [4.69, 9.17) is 9.47 Å². The van der Waals surface area contributed by atoms with Crippen LogP contribution in [0.3, 0.4) is 0 Å². The highest BCUT2D eigenvalue weighted by atomic mass is 16.5. The molecule has 0 saturated heterocycles. The SMILES string of the molecule is COc1cccc(CNCCCN(C)C)c1OCc1cccc(C)c1. The number of hydrogen-bond acceptors (Lipinski definition) is 4. The Labute approximate surface area is 151 Å². The Morgan fingerprint density at radius 2 is 1.88 bits per heavy atom. The average Bonchev–Trinajstić information content (AvgIpc) is 2.59. The maximum atomic E-state index is 6.12. The monoisotopic (exact) mass is 342 g/mol. The van der Waals surface area contributed by atoms with Crippen molar-refractivity contribution >= 4 is 0 Å². The van der Waals surface area contributed by atoms with E-state index < -0.39 is 0 Å². The number of rotatable bonds is 10. The Balaban J connectivity index is 1.99. The largest absolute Gasteiger partial charge is 0.493 e. The molecule has 0 aliphatic rings. The second-order valence-corrected chi connectivity index (χ2v) is 6.56. The molecule has 0 aliphatic heterocycles. The first-order chi connectivity index (χ1) is 12.1. The Hall–Kier alpha value is -2.04. The van der Waals surface area contributed by atoms with Crippen molar-refractivity contribution < 1.29 is 9.47 Å². The summed E-state index contributed by atoms with van der Waals surface area (Å²) in [6.45, 7) is 5.47. The first-order valence-corrected chi connectivity index (χ1v) is 8.80. The van der Waals surface area contributed by atoms with E-state index in [2.05, 4.69) is 61.6 Å². The minimum atomic E-state index is 0.537. The van der Waals surface area contributed by atoms with Gasteiger partial charge in [0, 0.05) is 12.1 Å². The molecule has 25 heavy (non-hydrogen) atoms. The predicted octanol–water partition coefficient (Wildman–Crippen LogP) is 3.62. The fourth-order valence-electron chi connectivity index (χ4n) is 2.73. The molecule has 1 N–H and O–H groups in total. The fraction of sp³-hybridized carbons (Fsp3) is 0.429. The molecule has 0 fully saturated rings. The molecule has 2 rings (SSSR count). The van der Waals surface area contributed by atoms with E-state index in [0.29, 0.717) is 6.61 Å². The van der Waals surface area contributed by atoms with Crippen molar-refractivity contribution in [2.24, 2.45) is 0 Å². The zero-order chi connectivity index (χ0) is 18.1. The highest BCUT2D eigenvalue weighted by Gasteiger charge is 2.11. The molecule has 0 bridgehead atoms. The van der Waals surface area contributed by atoms with Crippen LogP contribution in [0.15, 0.2) is 42.5 Å². The first-order valence-electron chi connectivity index (χ1n) is 8.80. The molecular formula is C21H30N2O2. The van der Waals surface area contributed by atoms with E-state index >= 15 is 0 Å². The average molecular weight is 342 g/mol. The first kappa shape index (κ1) is 19.3. The van der Waals surface area contributed by atoms with Gasteiger partial charge in [-0.2, -0.15) is 0 Å². The standard InChI is InChI=1S/C21H30N2O2/c1-17-8-5-9-18(14-17)16-25-21-19(10-6-11-20(21)24-4)15-22-12-7-13-23(2)3/h5-6,8-11,14,22H,7,12-13,15-16H2,1-4H3. The lowest BCUT2D eigenvalue weighted by atomic mass is 10.1. The van der Waals surface area contributed by atoms with Gasteiger partial charge in [-0.25, -0.2) is 0 Å². The van der Waals surface area contributed by atoms with Gasteiger partial charge in [0.2, 0.25) is 0 Å². The van der Waals surface area contributed by atoms with Crippen molar-refractivity contribution in [2.45, 2.75) is 26.5 Å². The van der Waals surface area contributed by atoms with Gasteiger partial charge in [0.25, 0.3) is 0 Å². The van der Waals surface area contributed by atoms with Gasteiger partial charge in [0.15, 0.2) is 11.5 Å². The van der Waals surface area contributed by atoms with Crippen LogP contribution in [0.2, 0.25) is 0 Å². The van der Waals surface area contributed by atoms with Gasteiger partial charge in [0.1, 0.15) is 6.61 Å². The second-order valence-electron chi connectivity index (χ2n) is 6.56. The minimum absolute atomic E-state index is 0.537. The summed E-state index contributed by atoms with van der Waals surface area (Å²) in [6, 6.07) is 14.4. The lowest BCUT2D eigenvalue weighted by Gasteiger charge is -2.16. The number of para-hydroxylation sites is 1. The molecule has 4 heteroatoms. The van der Waals surface area contributed by atoms with E-state index in [-0.39, 0.29) is 0 Å². The number of aryl methyl sites for hydroxylation is 1. The summed E-state index contributed by atoms with van der Waals surface area (Å²) in [5, 5.41) is 3.49. The molecule has 0 atom stereocenters. The van der Waals surface area contributed by atoms with E-state index in [9.17, 15) is 0 Å². The quantitative estimate of drug-likeness (QED) is 0.669. The molecule has 0 radical (unpaired) electrons. The third-order valence-corrected chi connectivity index (χ3v) is 4.02. The van der Waals surface area contributed by atoms with Crippen LogP contribution in [-0.2, 0) is 13.2 Å². The summed E-state index contributed by atoms with van der Waals surface area (Å²) >= 11 is 0. The second kappa shape index (κ2) is 10.1. The molecular weight excluding hydrogens is 312 g/mol. The van der Waals surface area contributed by atoms with Crippen molar-refractivity contribution in [1.29, 1.82) is 0 Å². The van der Waals surface area contributed by atoms with Gasteiger partial charge >= 0.3 is 0 Å². The Kier molecular flexibility index (Phi) is 7.76. The topological polar surface area (TPSA) is 33.7 Å². The maximum absolute atomic E-state index is 6.12. The van der Waals surface area contributed by atoms with Gasteiger partial charge in [-0.3, -0.25) is 0 Å². The molecule has 0 amide bonds. The molecule has 0 aromatic heterocycles. The minimum Gasteiger partial charge on any atom is -0.493 e. The predicted molar refractivity (Wildman–Crippen MR) is 103 cm³/mol. The molecule has 2 aromatic carbocycles. The van der Waals surface area contributed by atoms with Gasteiger partial charge in [0.05, 0.1) is 7.11 Å². The number of methoxy groups -OCH3 is 1. The van der Waals surface area contributed by atoms with Crippen molar-refractivity contribution in [3.05, 3.63) is 59.2 Å². The molecule has 0 spiro atoms. The molecule has 0 unspecified atom stereocenters. The Bertz CT molecular complexity index is 656. The molecule has 4 nitrogen and oxygen atoms in total. The zero-order valence-corrected chi connectivity index (χ0v) is 15.8. The maximum Gasteiger partial charge on any atom is 0.166 e. The number of benzene rings is 2. The van der Waals surface area contributed by atoms with Crippen LogP contribution in [0, 0.1) is 6.92 Å². The molecule has 136 valence electrons. The lowest BCUT2D eigenvalue weighted by Crippen LogP contribution is -2.21. The van der Waals surface area contributed by atoms with Crippen LogP contribution in [0.5, 0.6) is 11.5 Å². The van der Waals surface area contributed by atoms with E-state index in [1.807, 2.05) is 12.1 Å². The van der Waals surface area contributed by atoms with E-state index in [1.165, 1.54) is 5.56 Å². The lowest BCUT2D eigenvalue weighted by molar-refractivity contribution is 0.280. The number of nitrogens with zero attached hydrogens (tertiary/aromatic N) is 1. The van der Waals surface area contributed by atoms with Crippen LogP contribution >= 0.6 is 0 Å². The van der Waals surface area contributed by atoms with Crippen molar-refractivity contribution in [1.82, 2.24) is 10.2 Å². The van der Waals surface area contributed by atoms with Crippen LogP contribution in [0.25, 0.3) is 0 Å². The highest BCUT2D eigenvalue weighted by Crippen LogP contribution is 2.31. The fourth-order valence-corrected chi connectivity index (χ4v) is 2.73. The summed E-state index contributed by atoms with van der Waals surface area (Å²) in [5.74, 6) is 1.60. The van der Waals surface area contributed by atoms with Gasteiger partial charge in [-0.05, 0) is 52.2 Å². The van der Waals surface area contributed by atoms with Crippen LogP contribution < -0.4 is 14.8 Å². The smallest absolute Gasteiger partial charge is 0.166 e. The Morgan fingerprint density at radius 1 is 1.08 bits per heavy atom. The van der Waals surface area contributed by atoms with Crippen molar-refractivity contribution in [3.8, 4) is 11.5 Å². The van der Waals surface area contributed by atoms with Crippen molar-refractivity contribution in [2.75, 3.05) is 34.3 Å². The van der Waals surface area contributed by atoms with Crippen LogP contribution in [0.1, 0.15) is 23.1 Å². The van der Waals surface area contributed by atoms with Crippen LogP contribution in [-0.4, -0.2) is 39.2 Å². The molecule has 2 aromatic rings. The molecule has 0 aliphatic carbocycles. The van der Waals surface area contributed by atoms with E-state index in [0.717, 1.165) is 48.7 Å². The van der Waals surface area contributed by atoms with Crippen LogP contribution in [0.4, 0.5) is 0 Å².